The van der Waals surface area contributed by atoms with Gasteiger partial charge >= 0.3 is 0 Å². The molecule has 1 aliphatic rings. The minimum atomic E-state index is -0.589. The molecule has 8 heteroatoms. The first-order chi connectivity index (χ1) is 13.1. The van der Waals surface area contributed by atoms with Crippen molar-refractivity contribution >= 4 is 33.9 Å². The van der Waals surface area contributed by atoms with E-state index in [9.17, 15) is 14.4 Å². The molecule has 0 saturated heterocycles. The molecule has 2 aromatic heterocycles. The summed E-state index contributed by atoms with van der Waals surface area (Å²) in [6.45, 7) is 0. The van der Waals surface area contributed by atoms with E-state index in [1.54, 1.807) is 24.3 Å². The van der Waals surface area contributed by atoms with E-state index in [0.717, 1.165) is 25.7 Å². The monoisotopic (exact) mass is 382 g/mol. The second-order valence-corrected chi connectivity index (χ2v) is 7.61. The van der Waals surface area contributed by atoms with Crippen LogP contribution < -0.4 is 16.4 Å². The Labute approximate surface area is 158 Å². The fourth-order valence-electron chi connectivity index (χ4n) is 3.30. The Hall–Kier alpha value is -3.00. The number of hydrogen-bond acceptors (Lipinski definition) is 5. The lowest BCUT2D eigenvalue weighted by molar-refractivity contribution is 0.0846. The Balaban J connectivity index is 1.49. The number of aromatic amines is 1. The Morgan fingerprint density at radius 3 is 2.59 bits per heavy atom. The van der Waals surface area contributed by atoms with Crippen LogP contribution in [0.25, 0.3) is 10.8 Å². The number of hydrazine groups is 1. The van der Waals surface area contributed by atoms with Gasteiger partial charge in [-0.1, -0.05) is 24.6 Å². The van der Waals surface area contributed by atoms with Gasteiger partial charge in [0.25, 0.3) is 17.4 Å². The zero-order valence-electron chi connectivity index (χ0n) is 14.5. The fraction of sp³-hybridized carbons (Fsp3) is 0.263. The lowest BCUT2D eigenvalue weighted by Gasteiger charge is -2.07. The van der Waals surface area contributed by atoms with E-state index in [1.807, 2.05) is 6.07 Å². The highest BCUT2D eigenvalue weighted by atomic mass is 32.1. The van der Waals surface area contributed by atoms with Crippen molar-refractivity contribution < 1.29 is 9.59 Å². The third-order valence-electron chi connectivity index (χ3n) is 4.67. The number of thiophene rings is 1. The van der Waals surface area contributed by atoms with Crippen molar-refractivity contribution in [3.63, 3.8) is 0 Å². The summed E-state index contributed by atoms with van der Waals surface area (Å²) in [5.41, 5.74) is 5.74. The summed E-state index contributed by atoms with van der Waals surface area (Å²) in [5.74, 6) is -0.941. The van der Waals surface area contributed by atoms with Crippen LogP contribution in [-0.4, -0.2) is 22.0 Å². The quantitative estimate of drug-likeness (QED) is 0.467. The van der Waals surface area contributed by atoms with Gasteiger partial charge in [-0.15, -0.1) is 11.3 Å². The van der Waals surface area contributed by atoms with E-state index in [-0.39, 0.29) is 17.2 Å². The van der Waals surface area contributed by atoms with Gasteiger partial charge in [-0.2, -0.15) is 5.10 Å². The predicted octanol–water partition coefficient (Wildman–Crippen LogP) is 2.33. The number of carbonyl (C=O) groups excluding carboxylic acids is 2. The van der Waals surface area contributed by atoms with Crippen LogP contribution in [0, 0.1) is 0 Å². The number of carbonyl (C=O) groups is 2. The van der Waals surface area contributed by atoms with E-state index in [2.05, 4.69) is 21.0 Å². The molecule has 138 valence electrons. The van der Waals surface area contributed by atoms with Crippen LogP contribution in [0.4, 0.5) is 0 Å². The summed E-state index contributed by atoms with van der Waals surface area (Å²) in [5, 5.41) is 6.92. The maximum atomic E-state index is 12.4. The van der Waals surface area contributed by atoms with Crippen molar-refractivity contribution in [3.8, 4) is 0 Å². The summed E-state index contributed by atoms with van der Waals surface area (Å²) < 4.78 is 0. The van der Waals surface area contributed by atoms with Crippen molar-refractivity contribution in [3.05, 3.63) is 61.7 Å². The van der Waals surface area contributed by atoms with E-state index >= 15 is 0 Å². The van der Waals surface area contributed by atoms with Crippen LogP contribution >= 0.6 is 11.3 Å². The minimum Gasteiger partial charge on any atom is -0.267 e. The van der Waals surface area contributed by atoms with Crippen LogP contribution in [0.15, 0.2) is 35.1 Å². The highest BCUT2D eigenvalue weighted by Crippen LogP contribution is 2.28. The van der Waals surface area contributed by atoms with Crippen molar-refractivity contribution in [2.45, 2.75) is 32.1 Å². The Kier molecular flexibility index (Phi) is 4.72. The number of rotatable bonds is 2. The van der Waals surface area contributed by atoms with Gasteiger partial charge in [-0.25, -0.2) is 5.10 Å². The Morgan fingerprint density at radius 2 is 1.74 bits per heavy atom. The number of aromatic nitrogens is 2. The molecule has 4 rings (SSSR count). The smallest absolute Gasteiger partial charge is 0.267 e. The molecule has 27 heavy (non-hydrogen) atoms. The molecular weight excluding hydrogens is 364 g/mol. The average Bonchev–Trinajstić information content (AvgIpc) is 2.97. The third-order valence-corrected chi connectivity index (χ3v) is 5.91. The largest absolute Gasteiger partial charge is 0.290 e. The maximum Gasteiger partial charge on any atom is 0.290 e. The Morgan fingerprint density at radius 1 is 1.00 bits per heavy atom. The fourth-order valence-corrected chi connectivity index (χ4v) is 4.45. The van der Waals surface area contributed by atoms with Crippen molar-refractivity contribution in [1.82, 2.24) is 21.0 Å². The number of amides is 2. The first-order valence-electron chi connectivity index (χ1n) is 8.83. The number of benzene rings is 1. The SMILES string of the molecule is O=C(NNC(=O)c1n[nH]c(=O)c2ccccc12)c1cc2c(s1)CCCCC2. The first-order valence-corrected chi connectivity index (χ1v) is 9.65. The second kappa shape index (κ2) is 7.32. The maximum absolute atomic E-state index is 12.4. The first kappa shape index (κ1) is 17.4. The molecule has 0 unspecified atom stereocenters. The number of hydrogen-bond donors (Lipinski definition) is 3. The molecule has 2 amide bonds. The van der Waals surface area contributed by atoms with Gasteiger partial charge in [0, 0.05) is 10.3 Å². The summed E-state index contributed by atoms with van der Waals surface area (Å²) in [6, 6.07) is 8.61. The number of nitrogens with zero attached hydrogens (tertiary/aromatic N) is 1. The second-order valence-electron chi connectivity index (χ2n) is 6.47. The summed E-state index contributed by atoms with van der Waals surface area (Å²) in [7, 11) is 0. The normalized spacial score (nSPS) is 13.6. The lowest BCUT2D eigenvalue weighted by atomic mass is 10.1. The molecule has 1 aliphatic carbocycles. The van der Waals surface area contributed by atoms with Gasteiger partial charge in [0.15, 0.2) is 5.69 Å². The van der Waals surface area contributed by atoms with E-state index in [0.29, 0.717) is 15.6 Å². The van der Waals surface area contributed by atoms with Crippen molar-refractivity contribution in [2.75, 3.05) is 0 Å². The number of fused-ring (bicyclic) bond motifs is 2. The van der Waals surface area contributed by atoms with Gasteiger partial charge in [0.1, 0.15) is 0 Å². The average molecular weight is 382 g/mol. The highest BCUT2D eigenvalue weighted by molar-refractivity contribution is 7.14. The van der Waals surface area contributed by atoms with Crippen molar-refractivity contribution in [1.29, 1.82) is 0 Å². The van der Waals surface area contributed by atoms with Gasteiger partial charge in [-0.05, 0) is 43.4 Å². The van der Waals surface area contributed by atoms with E-state index in [4.69, 9.17) is 0 Å². The number of nitrogens with one attached hydrogen (secondary N) is 3. The molecule has 7 nitrogen and oxygen atoms in total. The van der Waals surface area contributed by atoms with Crippen LogP contribution in [-0.2, 0) is 12.8 Å². The molecule has 0 spiro atoms. The molecule has 0 saturated carbocycles. The zero-order chi connectivity index (χ0) is 18.8. The third kappa shape index (κ3) is 3.48. The van der Waals surface area contributed by atoms with Crippen LogP contribution in [0.2, 0.25) is 0 Å². The molecule has 2 heterocycles. The summed E-state index contributed by atoms with van der Waals surface area (Å²) in [6.07, 6.45) is 5.52. The van der Waals surface area contributed by atoms with Crippen LogP contribution in [0.1, 0.15) is 49.9 Å². The highest BCUT2D eigenvalue weighted by Gasteiger charge is 2.18. The molecule has 3 N–H and O–H groups in total. The van der Waals surface area contributed by atoms with Gasteiger partial charge in [-0.3, -0.25) is 25.2 Å². The molecule has 1 aromatic carbocycles. The summed E-state index contributed by atoms with van der Waals surface area (Å²) >= 11 is 1.48. The zero-order valence-corrected chi connectivity index (χ0v) is 15.3. The van der Waals surface area contributed by atoms with Gasteiger partial charge in [0.2, 0.25) is 0 Å². The molecule has 0 aliphatic heterocycles. The van der Waals surface area contributed by atoms with Crippen LogP contribution in [0.5, 0.6) is 0 Å². The lowest BCUT2D eigenvalue weighted by Crippen LogP contribution is -2.42. The molecule has 0 radical (unpaired) electrons. The van der Waals surface area contributed by atoms with Gasteiger partial charge < -0.3 is 0 Å². The molecule has 0 bridgehead atoms. The van der Waals surface area contributed by atoms with E-state index < -0.39 is 5.91 Å². The standard InChI is InChI=1S/C19H18N4O3S/c24-17-13-8-5-4-7-12(13)16(20-21-17)19(26)23-22-18(25)15-10-11-6-2-1-3-9-14(11)27-15/h4-5,7-8,10H,1-3,6,9H2,(H,21,24)(H,22,25)(H,23,26). The molecule has 0 fully saturated rings. The van der Waals surface area contributed by atoms with Crippen LogP contribution in [0.3, 0.4) is 0 Å². The Bertz CT molecular complexity index is 1060. The topological polar surface area (TPSA) is 104 Å². The van der Waals surface area contributed by atoms with E-state index in [1.165, 1.54) is 28.2 Å². The molecule has 3 aromatic rings. The number of aryl methyl sites for hydroxylation is 2. The molecule has 0 atom stereocenters. The molecular formula is C19H18N4O3S. The number of H-pyrrole nitrogens is 1. The predicted molar refractivity (Wildman–Crippen MR) is 103 cm³/mol. The minimum absolute atomic E-state index is 0.0486. The van der Waals surface area contributed by atoms with Crippen molar-refractivity contribution in [2.24, 2.45) is 0 Å². The van der Waals surface area contributed by atoms with Gasteiger partial charge in [0.05, 0.1) is 10.3 Å². The summed E-state index contributed by atoms with van der Waals surface area (Å²) in [4.78, 5) is 38.5.